The number of anilines is 1. The van der Waals surface area contributed by atoms with Gasteiger partial charge in [-0.3, -0.25) is 0 Å². The van der Waals surface area contributed by atoms with Gasteiger partial charge in [0.25, 0.3) is 0 Å². The molecular weight excluding hydrogens is 244 g/mol. The first-order valence-corrected chi connectivity index (χ1v) is 7.41. The minimum Gasteiger partial charge on any atom is -0.369 e. The molecule has 2 aromatic rings. The van der Waals surface area contributed by atoms with E-state index < -0.39 is 0 Å². The molecule has 0 saturated heterocycles. The third-order valence-electron chi connectivity index (χ3n) is 3.42. The minimum atomic E-state index is 0.711. The zero-order valence-electron chi connectivity index (χ0n) is 10.4. The number of hydrogen-bond donors (Lipinski definition) is 2. The van der Waals surface area contributed by atoms with Crippen LogP contribution in [0.5, 0.6) is 0 Å². The van der Waals surface area contributed by atoms with Crippen LogP contribution in [-0.2, 0) is 12.8 Å². The Kier molecular flexibility index (Phi) is 3.43. The monoisotopic (exact) mass is 262 g/mol. The number of thiophene rings is 1. The predicted octanol–water partition coefficient (Wildman–Crippen LogP) is 2.33. The molecule has 0 radical (unpaired) electrons. The van der Waals surface area contributed by atoms with E-state index in [4.69, 9.17) is 5.73 Å². The summed E-state index contributed by atoms with van der Waals surface area (Å²) < 4.78 is 0. The lowest BCUT2D eigenvalue weighted by Crippen LogP contribution is -2.10. The van der Waals surface area contributed by atoms with Crippen molar-refractivity contribution >= 4 is 27.4 Å². The van der Waals surface area contributed by atoms with Crippen LogP contribution in [0.2, 0.25) is 0 Å². The molecule has 0 aliphatic heterocycles. The Labute approximate surface area is 111 Å². The number of fused-ring (bicyclic) bond motifs is 3. The molecule has 0 unspecified atom stereocenters. The fourth-order valence-electron chi connectivity index (χ4n) is 2.53. The maximum atomic E-state index is 5.53. The molecule has 3 rings (SSSR count). The van der Waals surface area contributed by atoms with E-state index in [9.17, 15) is 0 Å². The average molecular weight is 262 g/mol. The normalized spacial score (nSPS) is 14.7. The van der Waals surface area contributed by atoms with Crippen molar-refractivity contribution in [1.82, 2.24) is 9.97 Å². The number of hydrogen-bond acceptors (Lipinski definition) is 5. The number of aromatic nitrogens is 2. The van der Waals surface area contributed by atoms with Crippen molar-refractivity contribution in [2.75, 3.05) is 18.4 Å². The predicted molar refractivity (Wildman–Crippen MR) is 76.2 cm³/mol. The summed E-state index contributed by atoms with van der Waals surface area (Å²) in [4.78, 5) is 11.5. The lowest BCUT2D eigenvalue weighted by molar-refractivity contribution is 0.700. The Bertz CT molecular complexity index is 549. The smallest absolute Gasteiger partial charge is 0.138 e. The van der Waals surface area contributed by atoms with Gasteiger partial charge in [-0.25, -0.2) is 9.97 Å². The Balaban J connectivity index is 2.00. The molecule has 0 aromatic carbocycles. The summed E-state index contributed by atoms with van der Waals surface area (Å²) in [7, 11) is 0. The third-order valence-corrected chi connectivity index (χ3v) is 4.62. The van der Waals surface area contributed by atoms with Gasteiger partial charge >= 0.3 is 0 Å². The van der Waals surface area contributed by atoms with Gasteiger partial charge in [-0.2, -0.15) is 0 Å². The van der Waals surface area contributed by atoms with Crippen LogP contribution < -0.4 is 11.1 Å². The summed E-state index contributed by atoms with van der Waals surface area (Å²) in [6.45, 7) is 1.59. The number of nitrogens with zero attached hydrogens (tertiary/aromatic N) is 2. The van der Waals surface area contributed by atoms with Gasteiger partial charge in [0.2, 0.25) is 0 Å². The molecule has 96 valence electrons. The fraction of sp³-hybridized carbons (Fsp3) is 0.538. The third kappa shape index (κ3) is 2.08. The van der Waals surface area contributed by atoms with Gasteiger partial charge in [-0.05, 0) is 44.2 Å². The summed E-state index contributed by atoms with van der Waals surface area (Å²) >= 11 is 1.84. The molecule has 3 N–H and O–H groups in total. The molecule has 0 atom stereocenters. The molecule has 0 amide bonds. The van der Waals surface area contributed by atoms with E-state index in [2.05, 4.69) is 15.3 Å². The molecule has 5 heteroatoms. The van der Waals surface area contributed by atoms with E-state index in [0.29, 0.717) is 6.54 Å². The fourth-order valence-corrected chi connectivity index (χ4v) is 3.76. The van der Waals surface area contributed by atoms with Gasteiger partial charge in [-0.1, -0.05) is 0 Å². The van der Waals surface area contributed by atoms with Crippen molar-refractivity contribution in [2.24, 2.45) is 5.73 Å². The largest absolute Gasteiger partial charge is 0.369 e. The van der Waals surface area contributed by atoms with E-state index in [1.165, 1.54) is 41.5 Å². The highest BCUT2D eigenvalue weighted by molar-refractivity contribution is 7.19. The van der Waals surface area contributed by atoms with Crippen molar-refractivity contribution in [3.8, 4) is 0 Å². The zero-order valence-corrected chi connectivity index (χ0v) is 11.2. The van der Waals surface area contributed by atoms with Crippen LogP contribution >= 0.6 is 11.3 Å². The number of aryl methyl sites for hydroxylation is 2. The second-order valence-corrected chi connectivity index (χ2v) is 5.77. The van der Waals surface area contributed by atoms with Gasteiger partial charge in [0.15, 0.2) is 0 Å². The highest BCUT2D eigenvalue weighted by Gasteiger charge is 2.19. The molecule has 1 aliphatic carbocycles. The number of rotatable bonds is 4. The average Bonchev–Trinajstić information content (AvgIpc) is 2.78. The Morgan fingerprint density at radius 1 is 1.28 bits per heavy atom. The van der Waals surface area contributed by atoms with Crippen molar-refractivity contribution in [2.45, 2.75) is 32.1 Å². The van der Waals surface area contributed by atoms with Gasteiger partial charge in [-0.15, -0.1) is 11.3 Å². The van der Waals surface area contributed by atoms with E-state index >= 15 is 0 Å². The topological polar surface area (TPSA) is 63.8 Å². The second-order valence-electron chi connectivity index (χ2n) is 4.68. The molecule has 0 saturated carbocycles. The lowest BCUT2D eigenvalue weighted by Gasteiger charge is -2.12. The van der Waals surface area contributed by atoms with Gasteiger partial charge in [0.1, 0.15) is 17.0 Å². The van der Waals surface area contributed by atoms with E-state index in [1.54, 1.807) is 6.33 Å². The van der Waals surface area contributed by atoms with E-state index in [-0.39, 0.29) is 0 Å². The number of nitrogens with two attached hydrogens (primary N) is 1. The van der Waals surface area contributed by atoms with Crippen LogP contribution in [0.15, 0.2) is 6.33 Å². The van der Waals surface area contributed by atoms with Crippen molar-refractivity contribution in [1.29, 1.82) is 0 Å². The minimum absolute atomic E-state index is 0.711. The lowest BCUT2D eigenvalue weighted by atomic mass is 9.97. The summed E-state index contributed by atoms with van der Waals surface area (Å²) in [5, 5.41) is 4.66. The standard InChI is InChI=1S/C13H18N4S/c14-6-3-7-15-12-11-9-4-1-2-5-10(9)18-13(11)17-8-16-12/h8H,1-7,14H2,(H,15,16,17). The summed E-state index contributed by atoms with van der Waals surface area (Å²) in [5.41, 5.74) is 7.01. The van der Waals surface area contributed by atoms with Crippen molar-refractivity contribution in [3.05, 3.63) is 16.8 Å². The van der Waals surface area contributed by atoms with E-state index in [1.807, 2.05) is 11.3 Å². The van der Waals surface area contributed by atoms with Crippen molar-refractivity contribution in [3.63, 3.8) is 0 Å². The molecule has 0 bridgehead atoms. The van der Waals surface area contributed by atoms with Crippen LogP contribution in [0.25, 0.3) is 10.2 Å². The quantitative estimate of drug-likeness (QED) is 0.830. The molecule has 2 heterocycles. The van der Waals surface area contributed by atoms with Crippen LogP contribution in [0.3, 0.4) is 0 Å². The Morgan fingerprint density at radius 3 is 3.06 bits per heavy atom. The van der Waals surface area contributed by atoms with Crippen molar-refractivity contribution < 1.29 is 0 Å². The molecule has 18 heavy (non-hydrogen) atoms. The molecule has 0 fully saturated rings. The first-order valence-electron chi connectivity index (χ1n) is 6.59. The Morgan fingerprint density at radius 2 is 2.17 bits per heavy atom. The molecule has 2 aromatic heterocycles. The summed E-state index contributed by atoms with van der Waals surface area (Å²) in [6.07, 6.45) is 7.61. The highest BCUT2D eigenvalue weighted by atomic mass is 32.1. The van der Waals surface area contributed by atoms with Gasteiger partial charge in [0.05, 0.1) is 5.39 Å². The van der Waals surface area contributed by atoms with Gasteiger partial charge in [0, 0.05) is 11.4 Å². The Hall–Kier alpha value is -1.20. The first-order chi connectivity index (χ1) is 8.90. The summed E-state index contributed by atoms with van der Waals surface area (Å²) in [6, 6.07) is 0. The van der Waals surface area contributed by atoms with Crippen LogP contribution in [0, 0.1) is 0 Å². The molecule has 0 spiro atoms. The van der Waals surface area contributed by atoms with Gasteiger partial charge < -0.3 is 11.1 Å². The van der Waals surface area contributed by atoms with Crippen LogP contribution in [0.4, 0.5) is 5.82 Å². The second kappa shape index (κ2) is 5.20. The maximum absolute atomic E-state index is 5.53. The van der Waals surface area contributed by atoms with Crippen LogP contribution in [-0.4, -0.2) is 23.1 Å². The van der Waals surface area contributed by atoms with E-state index in [0.717, 1.165) is 23.6 Å². The first kappa shape index (κ1) is 11.9. The number of nitrogens with one attached hydrogen (secondary N) is 1. The SMILES string of the molecule is NCCCNc1ncnc2sc3c(c12)CCCC3. The highest BCUT2D eigenvalue weighted by Crippen LogP contribution is 2.37. The zero-order chi connectivity index (χ0) is 12.4. The van der Waals surface area contributed by atoms with Crippen LogP contribution in [0.1, 0.15) is 29.7 Å². The molecule has 1 aliphatic rings. The maximum Gasteiger partial charge on any atom is 0.138 e. The molecular formula is C13H18N4S. The molecule has 4 nitrogen and oxygen atoms in total. The summed E-state index contributed by atoms with van der Waals surface area (Å²) in [5.74, 6) is 0.993.